The van der Waals surface area contributed by atoms with Gasteiger partial charge in [0.05, 0.1) is 16.1 Å². The van der Waals surface area contributed by atoms with E-state index in [1.165, 1.54) is 18.2 Å². The smallest absolute Gasteiger partial charge is 0.257 e. The molecule has 0 bridgehead atoms. The first-order valence-corrected chi connectivity index (χ1v) is 6.33. The standard InChI is InChI=1S/C14H9Cl2N3O/c15-9-1-3-11(13(18)6-9)14(20)19-10-2-4-12(16)8(5-10)7-17/h1-6H,18H2,(H,19,20). The lowest BCUT2D eigenvalue weighted by Gasteiger charge is -2.08. The Balaban J connectivity index is 2.26. The lowest BCUT2D eigenvalue weighted by molar-refractivity contribution is 0.102. The average Bonchev–Trinajstić information content (AvgIpc) is 2.40. The van der Waals surface area contributed by atoms with Gasteiger partial charge in [0, 0.05) is 16.4 Å². The first kappa shape index (κ1) is 14.2. The number of anilines is 2. The van der Waals surface area contributed by atoms with Gasteiger partial charge in [-0.1, -0.05) is 23.2 Å². The maximum Gasteiger partial charge on any atom is 0.257 e. The predicted octanol–water partition coefficient (Wildman–Crippen LogP) is 3.70. The van der Waals surface area contributed by atoms with Crippen LogP contribution in [0.2, 0.25) is 10.0 Å². The van der Waals surface area contributed by atoms with Crippen LogP contribution < -0.4 is 11.1 Å². The summed E-state index contributed by atoms with van der Waals surface area (Å²) in [4.78, 5) is 12.1. The SMILES string of the molecule is N#Cc1cc(NC(=O)c2ccc(Cl)cc2N)ccc1Cl. The topological polar surface area (TPSA) is 78.9 Å². The molecule has 0 aliphatic carbocycles. The molecule has 1 amide bonds. The van der Waals surface area contributed by atoms with Crippen LogP contribution in [-0.2, 0) is 0 Å². The second kappa shape index (κ2) is 5.83. The summed E-state index contributed by atoms with van der Waals surface area (Å²) in [7, 11) is 0. The minimum absolute atomic E-state index is 0.282. The highest BCUT2D eigenvalue weighted by Gasteiger charge is 2.11. The van der Waals surface area contributed by atoms with E-state index in [1.807, 2.05) is 6.07 Å². The summed E-state index contributed by atoms with van der Waals surface area (Å²) in [5.41, 5.74) is 7.08. The third kappa shape index (κ3) is 3.02. The largest absolute Gasteiger partial charge is 0.398 e. The molecule has 0 radical (unpaired) electrons. The van der Waals surface area contributed by atoms with Gasteiger partial charge in [0.1, 0.15) is 6.07 Å². The molecule has 0 saturated heterocycles. The quantitative estimate of drug-likeness (QED) is 0.830. The van der Waals surface area contributed by atoms with Crippen LogP contribution in [0.15, 0.2) is 36.4 Å². The van der Waals surface area contributed by atoms with E-state index in [0.717, 1.165) is 0 Å². The van der Waals surface area contributed by atoms with Crippen molar-refractivity contribution in [2.24, 2.45) is 0 Å². The van der Waals surface area contributed by atoms with E-state index in [4.69, 9.17) is 34.2 Å². The van der Waals surface area contributed by atoms with Crippen molar-refractivity contribution in [2.75, 3.05) is 11.1 Å². The number of hydrogen-bond acceptors (Lipinski definition) is 3. The molecule has 0 heterocycles. The molecular weight excluding hydrogens is 297 g/mol. The van der Waals surface area contributed by atoms with Crippen LogP contribution in [0.4, 0.5) is 11.4 Å². The number of halogens is 2. The summed E-state index contributed by atoms with van der Waals surface area (Å²) in [6.45, 7) is 0. The number of carbonyl (C=O) groups is 1. The van der Waals surface area contributed by atoms with Gasteiger partial charge in [-0.2, -0.15) is 5.26 Å². The lowest BCUT2D eigenvalue weighted by atomic mass is 10.1. The highest BCUT2D eigenvalue weighted by molar-refractivity contribution is 6.32. The molecule has 0 fully saturated rings. The van der Waals surface area contributed by atoms with Crippen molar-refractivity contribution in [2.45, 2.75) is 0 Å². The van der Waals surface area contributed by atoms with E-state index in [0.29, 0.717) is 21.3 Å². The molecule has 6 heteroatoms. The Morgan fingerprint density at radius 3 is 2.60 bits per heavy atom. The Bertz CT molecular complexity index is 723. The molecule has 20 heavy (non-hydrogen) atoms. The fraction of sp³-hybridized carbons (Fsp3) is 0. The van der Waals surface area contributed by atoms with Crippen molar-refractivity contribution in [1.82, 2.24) is 0 Å². The van der Waals surface area contributed by atoms with Gasteiger partial charge in [-0.05, 0) is 36.4 Å². The van der Waals surface area contributed by atoms with Gasteiger partial charge in [0.15, 0.2) is 0 Å². The number of rotatable bonds is 2. The fourth-order valence-corrected chi connectivity index (χ4v) is 1.97. The van der Waals surface area contributed by atoms with Crippen molar-refractivity contribution in [3.8, 4) is 6.07 Å². The maximum atomic E-state index is 12.1. The minimum atomic E-state index is -0.384. The number of nitriles is 1. The van der Waals surface area contributed by atoms with Gasteiger partial charge in [0.25, 0.3) is 5.91 Å². The molecule has 2 aromatic carbocycles. The van der Waals surface area contributed by atoms with Gasteiger partial charge in [-0.15, -0.1) is 0 Å². The second-order valence-electron chi connectivity index (χ2n) is 3.99. The number of nitrogen functional groups attached to an aromatic ring is 1. The number of carbonyl (C=O) groups excluding carboxylic acids is 1. The van der Waals surface area contributed by atoms with Gasteiger partial charge >= 0.3 is 0 Å². The summed E-state index contributed by atoms with van der Waals surface area (Å²) in [6.07, 6.45) is 0. The summed E-state index contributed by atoms with van der Waals surface area (Å²) in [5, 5.41) is 12.3. The molecule has 2 aromatic rings. The first-order valence-electron chi connectivity index (χ1n) is 5.57. The van der Waals surface area contributed by atoms with E-state index in [1.54, 1.807) is 18.2 Å². The van der Waals surface area contributed by atoms with Crippen LogP contribution >= 0.6 is 23.2 Å². The van der Waals surface area contributed by atoms with Gasteiger partial charge < -0.3 is 11.1 Å². The third-order valence-corrected chi connectivity index (χ3v) is 3.17. The Labute approximate surface area is 125 Å². The van der Waals surface area contributed by atoms with Crippen LogP contribution in [0.3, 0.4) is 0 Å². The Hall–Kier alpha value is -2.22. The summed E-state index contributed by atoms with van der Waals surface area (Å²) < 4.78 is 0. The van der Waals surface area contributed by atoms with Gasteiger partial charge in [-0.25, -0.2) is 0 Å². The van der Waals surface area contributed by atoms with Crippen molar-refractivity contribution in [1.29, 1.82) is 5.26 Å². The molecule has 4 nitrogen and oxygen atoms in total. The molecule has 0 aliphatic rings. The van der Waals surface area contributed by atoms with Crippen LogP contribution in [-0.4, -0.2) is 5.91 Å². The van der Waals surface area contributed by atoms with Crippen molar-refractivity contribution >= 4 is 40.5 Å². The zero-order chi connectivity index (χ0) is 14.7. The number of nitrogens with zero attached hydrogens (tertiary/aromatic N) is 1. The Kier molecular flexibility index (Phi) is 4.14. The number of nitrogens with two attached hydrogens (primary N) is 1. The highest BCUT2D eigenvalue weighted by Crippen LogP contribution is 2.22. The summed E-state index contributed by atoms with van der Waals surface area (Å²) in [5.74, 6) is -0.384. The first-order chi connectivity index (χ1) is 9.51. The number of benzene rings is 2. The van der Waals surface area contributed by atoms with E-state index in [9.17, 15) is 4.79 Å². The van der Waals surface area contributed by atoms with E-state index in [2.05, 4.69) is 5.32 Å². The summed E-state index contributed by atoms with van der Waals surface area (Å²) >= 11 is 11.6. The molecule has 3 N–H and O–H groups in total. The molecule has 0 unspecified atom stereocenters. The van der Waals surface area contributed by atoms with Crippen LogP contribution in [0, 0.1) is 11.3 Å². The number of hydrogen-bond donors (Lipinski definition) is 2. The summed E-state index contributed by atoms with van der Waals surface area (Å²) in [6, 6.07) is 11.2. The van der Waals surface area contributed by atoms with Crippen LogP contribution in [0.5, 0.6) is 0 Å². The Morgan fingerprint density at radius 1 is 1.20 bits per heavy atom. The maximum absolute atomic E-state index is 12.1. The molecule has 0 saturated carbocycles. The number of nitrogens with one attached hydrogen (secondary N) is 1. The third-order valence-electron chi connectivity index (χ3n) is 2.60. The van der Waals surface area contributed by atoms with Gasteiger partial charge in [-0.3, -0.25) is 4.79 Å². The van der Waals surface area contributed by atoms with E-state index >= 15 is 0 Å². The molecule has 0 atom stereocenters. The van der Waals surface area contributed by atoms with E-state index in [-0.39, 0.29) is 17.2 Å². The molecule has 0 spiro atoms. The zero-order valence-corrected chi connectivity index (χ0v) is 11.7. The fourth-order valence-electron chi connectivity index (χ4n) is 1.63. The molecule has 0 aliphatic heterocycles. The molecule has 2 rings (SSSR count). The predicted molar refractivity (Wildman–Crippen MR) is 80.0 cm³/mol. The monoisotopic (exact) mass is 305 g/mol. The van der Waals surface area contributed by atoms with Crippen LogP contribution in [0.1, 0.15) is 15.9 Å². The average molecular weight is 306 g/mol. The minimum Gasteiger partial charge on any atom is -0.398 e. The van der Waals surface area contributed by atoms with Crippen LogP contribution in [0.25, 0.3) is 0 Å². The molecule has 100 valence electrons. The van der Waals surface area contributed by atoms with Crippen molar-refractivity contribution in [3.63, 3.8) is 0 Å². The van der Waals surface area contributed by atoms with E-state index < -0.39 is 0 Å². The lowest BCUT2D eigenvalue weighted by Crippen LogP contribution is -2.14. The zero-order valence-electron chi connectivity index (χ0n) is 10.2. The number of amides is 1. The second-order valence-corrected chi connectivity index (χ2v) is 4.84. The molecule has 0 aromatic heterocycles. The van der Waals surface area contributed by atoms with Crippen molar-refractivity contribution in [3.05, 3.63) is 57.6 Å². The normalized spacial score (nSPS) is 9.85. The van der Waals surface area contributed by atoms with Crippen molar-refractivity contribution < 1.29 is 4.79 Å². The van der Waals surface area contributed by atoms with Gasteiger partial charge in [0.2, 0.25) is 0 Å². The molecular formula is C14H9Cl2N3O. The highest BCUT2D eigenvalue weighted by atomic mass is 35.5. The Morgan fingerprint density at radius 2 is 1.95 bits per heavy atom.